The van der Waals surface area contributed by atoms with Crippen molar-refractivity contribution in [2.24, 2.45) is 0 Å². The molecule has 0 amide bonds. The van der Waals surface area contributed by atoms with E-state index >= 15 is 0 Å². The molecule has 0 bridgehead atoms. The maximum absolute atomic E-state index is 11.2. The molecule has 1 unspecified atom stereocenters. The van der Waals surface area contributed by atoms with E-state index < -0.39 is 11.8 Å². The summed E-state index contributed by atoms with van der Waals surface area (Å²) in [4.78, 5) is 6.52. The number of para-hydroxylation sites is 1. The molecule has 1 aliphatic heterocycles. The minimum Gasteiger partial charge on any atom is -0.493 e. The van der Waals surface area contributed by atoms with Crippen molar-refractivity contribution < 1.29 is 14.9 Å². The van der Waals surface area contributed by atoms with Crippen molar-refractivity contribution in [2.75, 3.05) is 19.7 Å². The van der Waals surface area contributed by atoms with Gasteiger partial charge in [0.2, 0.25) is 0 Å². The van der Waals surface area contributed by atoms with Gasteiger partial charge in [0.1, 0.15) is 12.0 Å². The number of hydrogen-bond donors (Lipinski definition) is 2. The van der Waals surface area contributed by atoms with E-state index in [1.165, 1.54) is 5.56 Å². The molecule has 1 aliphatic rings. The summed E-state index contributed by atoms with van der Waals surface area (Å²) in [6, 6.07) is 16.1. The Morgan fingerprint density at radius 1 is 1.10 bits per heavy atom. The molecule has 2 aromatic carbocycles. The summed E-state index contributed by atoms with van der Waals surface area (Å²) in [5.74, 6) is 0.865. The maximum Gasteiger partial charge on any atom is 0.122 e. The van der Waals surface area contributed by atoms with E-state index in [-0.39, 0.29) is 0 Å². The topological polar surface area (TPSA) is 65.8 Å². The largest absolute Gasteiger partial charge is 0.493 e. The van der Waals surface area contributed by atoms with Crippen LogP contribution in [0.3, 0.4) is 0 Å². The summed E-state index contributed by atoms with van der Waals surface area (Å²) in [5.41, 5.74) is 3.21. The second-order valence-corrected chi connectivity index (χ2v) is 8.37. The summed E-state index contributed by atoms with van der Waals surface area (Å²) in [7, 11) is 0. The van der Waals surface area contributed by atoms with E-state index in [0.717, 1.165) is 27.8 Å². The average molecular weight is 407 g/mol. The minimum absolute atomic E-state index is 0.459. The first-order valence-electron chi connectivity index (χ1n) is 10.6. The first kappa shape index (κ1) is 20.8. The van der Waals surface area contributed by atoms with Crippen molar-refractivity contribution in [1.82, 2.24) is 9.88 Å². The van der Waals surface area contributed by atoms with E-state index in [9.17, 15) is 10.2 Å². The quantitative estimate of drug-likeness (QED) is 0.650. The Bertz CT molecular complexity index is 1010. The third kappa shape index (κ3) is 4.48. The number of aromatic nitrogens is 1. The molecule has 158 valence electrons. The minimum atomic E-state index is -0.900. The Hall–Kier alpha value is -2.47. The highest BCUT2D eigenvalue weighted by atomic mass is 16.5. The number of piperidine rings is 1. The third-order valence-corrected chi connectivity index (χ3v) is 6.14. The lowest BCUT2D eigenvalue weighted by Crippen LogP contribution is -2.47. The first-order chi connectivity index (χ1) is 14.4. The maximum atomic E-state index is 11.2. The molecule has 4 rings (SSSR count). The number of rotatable bonds is 6. The summed E-state index contributed by atoms with van der Waals surface area (Å²) in [5, 5.41) is 22.8. The molecule has 3 aromatic rings. The average Bonchev–Trinajstić information content (AvgIpc) is 2.75. The molecule has 1 aromatic heterocycles. The smallest absolute Gasteiger partial charge is 0.122 e. The second kappa shape index (κ2) is 8.72. The Labute approximate surface area is 177 Å². The highest BCUT2D eigenvalue weighted by molar-refractivity contribution is 5.78. The van der Waals surface area contributed by atoms with Gasteiger partial charge in [0.25, 0.3) is 0 Å². The Kier molecular flexibility index (Phi) is 6.04. The third-order valence-electron chi connectivity index (χ3n) is 6.14. The number of pyridine rings is 1. The van der Waals surface area contributed by atoms with Crippen LogP contribution in [0.2, 0.25) is 0 Å². The molecule has 0 saturated carbocycles. The summed E-state index contributed by atoms with van der Waals surface area (Å²) < 4.78 is 5.86. The molecule has 1 atom stereocenters. The SMILES string of the molecule is Cc1ccc(OCCC(O)N2CCC(O)(c3cnc4ccccc4c3)CC2)c(C)c1. The van der Waals surface area contributed by atoms with Gasteiger partial charge in [-0.15, -0.1) is 0 Å². The van der Waals surface area contributed by atoms with Crippen LogP contribution in [0, 0.1) is 13.8 Å². The Balaban J connectivity index is 1.31. The molecule has 30 heavy (non-hydrogen) atoms. The standard InChI is InChI=1S/C25H30N2O3/c1-18-7-8-23(19(2)15-18)30-14-9-24(28)27-12-10-25(29,11-13-27)21-16-20-5-3-4-6-22(20)26-17-21/h3-8,15-17,24,28-29H,9-14H2,1-2H3. The number of aryl methyl sites for hydroxylation is 2. The number of nitrogens with zero attached hydrogens (tertiary/aromatic N) is 2. The number of fused-ring (bicyclic) bond motifs is 1. The number of ether oxygens (including phenoxy) is 1. The van der Waals surface area contributed by atoms with Gasteiger partial charge in [-0.1, -0.05) is 35.9 Å². The molecule has 0 aliphatic carbocycles. The van der Waals surface area contributed by atoms with E-state index in [2.05, 4.69) is 18.0 Å². The van der Waals surface area contributed by atoms with Crippen molar-refractivity contribution >= 4 is 10.9 Å². The lowest BCUT2D eigenvalue weighted by Gasteiger charge is -2.40. The normalized spacial score (nSPS) is 17.7. The van der Waals surface area contributed by atoms with E-state index in [1.54, 1.807) is 6.20 Å². The van der Waals surface area contributed by atoms with Crippen molar-refractivity contribution in [3.8, 4) is 5.75 Å². The fraction of sp³-hybridized carbons (Fsp3) is 0.400. The second-order valence-electron chi connectivity index (χ2n) is 8.37. The van der Waals surface area contributed by atoms with E-state index in [4.69, 9.17) is 4.74 Å². The summed E-state index contributed by atoms with van der Waals surface area (Å²) in [6.45, 7) is 5.82. The molecule has 0 spiro atoms. The van der Waals surface area contributed by atoms with E-state index in [0.29, 0.717) is 39.0 Å². The predicted octanol–water partition coefficient (Wildman–Crippen LogP) is 3.92. The van der Waals surface area contributed by atoms with Crippen molar-refractivity contribution in [3.05, 3.63) is 71.4 Å². The van der Waals surface area contributed by atoms with Crippen LogP contribution < -0.4 is 4.74 Å². The van der Waals surface area contributed by atoms with Gasteiger partial charge in [0, 0.05) is 36.7 Å². The van der Waals surface area contributed by atoms with Crippen molar-refractivity contribution in [2.45, 2.75) is 44.9 Å². The van der Waals surface area contributed by atoms with Gasteiger partial charge in [-0.3, -0.25) is 9.88 Å². The van der Waals surface area contributed by atoms with Gasteiger partial charge < -0.3 is 14.9 Å². The fourth-order valence-corrected chi connectivity index (χ4v) is 4.22. The van der Waals surface area contributed by atoms with Crippen molar-refractivity contribution in [1.29, 1.82) is 0 Å². The fourth-order valence-electron chi connectivity index (χ4n) is 4.22. The number of aliphatic hydroxyl groups excluding tert-OH is 1. The summed E-state index contributed by atoms with van der Waals surface area (Å²) in [6.07, 6.45) is 2.88. The van der Waals surface area contributed by atoms with E-state index in [1.807, 2.05) is 54.3 Å². The van der Waals surface area contributed by atoms with Crippen LogP contribution in [0.1, 0.15) is 36.0 Å². The van der Waals surface area contributed by atoms with Crippen molar-refractivity contribution in [3.63, 3.8) is 0 Å². The Morgan fingerprint density at radius 3 is 2.63 bits per heavy atom. The monoisotopic (exact) mass is 406 g/mol. The van der Waals surface area contributed by atoms with Crippen LogP contribution in [0.4, 0.5) is 0 Å². The molecule has 2 N–H and O–H groups in total. The van der Waals surface area contributed by atoms with Gasteiger partial charge >= 0.3 is 0 Å². The molecular formula is C25H30N2O3. The van der Waals surface area contributed by atoms with Gasteiger partial charge in [-0.2, -0.15) is 0 Å². The van der Waals surface area contributed by atoms with Crippen LogP contribution in [-0.4, -0.2) is 46.0 Å². The molecule has 2 heterocycles. The van der Waals surface area contributed by atoms with Gasteiger partial charge in [0.15, 0.2) is 0 Å². The van der Waals surface area contributed by atoms with Crippen LogP contribution in [0.5, 0.6) is 5.75 Å². The molecule has 1 fully saturated rings. The van der Waals surface area contributed by atoms with Crippen LogP contribution in [0.15, 0.2) is 54.7 Å². The first-order valence-corrected chi connectivity index (χ1v) is 10.6. The van der Waals surface area contributed by atoms with Crippen LogP contribution in [-0.2, 0) is 5.60 Å². The highest BCUT2D eigenvalue weighted by Gasteiger charge is 2.36. The highest BCUT2D eigenvalue weighted by Crippen LogP contribution is 2.34. The molecule has 1 saturated heterocycles. The molecule has 5 nitrogen and oxygen atoms in total. The predicted molar refractivity (Wildman–Crippen MR) is 118 cm³/mol. The molecular weight excluding hydrogens is 376 g/mol. The Morgan fingerprint density at radius 2 is 1.87 bits per heavy atom. The number of hydrogen-bond acceptors (Lipinski definition) is 5. The molecule has 5 heteroatoms. The summed E-state index contributed by atoms with van der Waals surface area (Å²) >= 11 is 0. The lowest BCUT2D eigenvalue weighted by molar-refractivity contribution is -0.0819. The lowest BCUT2D eigenvalue weighted by atomic mass is 9.84. The van der Waals surface area contributed by atoms with Gasteiger partial charge in [0.05, 0.1) is 17.7 Å². The zero-order valence-electron chi connectivity index (χ0n) is 17.7. The van der Waals surface area contributed by atoms with Crippen LogP contribution in [0.25, 0.3) is 10.9 Å². The van der Waals surface area contributed by atoms with Gasteiger partial charge in [-0.05, 0) is 50.5 Å². The van der Waals surface area contributed by atoms with Crippen LogP contribution >= 0.6 is 0 Å². The zero-order valence-corrected chi connectivity index (χ0v) is 17.7. The molecule has 0 radical (unpaired) electrons. The number of benzene rings is 2. The number of aliphatic hydroxyl groups is 2. The number of likely N-dealkylation sites (tertiary alicyclic amines) is 1. The zero-order chi connectivity index (χ0) is 21.1. The van der Waals surface area contributed by atoms with Gasteiger partial charge in [-0.25, -0.2) is 0 Å².